The highest BCUT2D eigenvalue weighted by atomic mass is 32.1. The predicted octanol–water partition coefficient (Wildman–Crippen LogP) is 4.13. The lowest BCUT2D eigenvalue weighted by atomic mass is 9.87. The van der Waals surface area contributed by atoms with E-state index in [0.717, 1.165) is 12.5 Å². The van der Waals surface area contributed by atoms with Crippen LogP contribution in [0.2, 0.25) is 0 Å². The first-order valence-electron chi connectivity index (χ1n) is 8.52. The first-order chi connectivity index (χ1) is 10.0. The molecule has 1 aliphatic rings. The summed E-state index contributed by atoms with van der Waals surface area (Å²) in [6.45, 7) is 14.3. The third-order valence-corrected chi connectivity index (χ3v) is 6.17. The molecular formula is C18H32N2S. The van der Waals surface area contributed by atoms with Gasteiger partial charge in [-0.15, -0.1) is 11.3 Å². The van der Waals surface area contributed by atoms with Crippen LogP contribution in [0.15, 0.2) is 17.5 Å². The Hall–Kier alpha value is -0.380. The lowest BCUT2D eigenvalue weighted by Gasteiger charge is -2.36. The summed E-state index contributed by atoms with van der Waals surface area (Å²) in [5.41, 5.74) is 0.241. The van der Waals surface area contributed by atoms with E-state index in [-0.39, 0.29) is 5.41 Å². The molecule has 1 atom stereocenters. The van der Waals surface area contributed by atoms with E-state index in [9.17, 15) is 0 Å². The summed E-state index contributed by atoms with van der Waals surface area (Å²) >= 11 is 1.88. The van der Waals surface area contributed by atoms with Crippen molar-refractivity contribution < 1.29 is 0 Å². The second kappa shape index (κ2) is 7.75. The zero-order valence-corrected chi connectivity index (χ0v) is 15.0. The molecule has 0 radical (unpaired) electrons. The quantitative estimate of drug-likeness (QED) is 0.815. The zero-order valence-electron chi connectivity index (χ0n) is 14.2. The number of likely N-dealkylation sites (tertiary alicyclic amines) is 1. The van der Waals surface area contributed by atoms with Crippen molar-refractivity contribution in [3.8, 4) is 0 Å². The molecule has 1 aromatic rings. The van der Waals surface area contributed by atoms with Crippen molar-refractivity contribution in [2.24, 2.45) is 5.92 Å². The SMILES string of the molecule is CCCN1CCC(C(C)NCC(C)(C)c2cccs2)CC1. The van der Waals surface area contributed by atoms with Crippen LogP contribution in [0.1, 0.15) is 51.8 Å². The summed E-state index contributed by atoms with van der Waals surface area (Å²) in [4.78, 5) is 4.11. The topological polar surface area (TPSA) is 15.3 Å². The van der Waals surface area contributed by atoms with E-state index < -0.39 is 0 Å². The molecule has 21 heavy (non-hydrogen) atoms. The summed E-state index contributed by atoms with van der Waals surface area (Å²) in [6.07, 6.45) is 3.99. The van der Waals surface area contributed by atoms with Gasteiger partial charge in [-0.1, -0.05) is 26.8 Å². The molecule has 1 aliphatic heterocycles. The first-order valence-corrected chi connectivity index (χ1v) is 9.40. The van der Waals surface area contributed by atoms with Crippen LogP contribution in [0, 0.1) is 5.92 Å². The Morgan fingerprint density at radius 2 is 2.10 bits per heavy atom. The highest BCUT2D eigenvalue weighted by molar-refractivity contribution is 7.10. The number of rotatable bonds is 7. The molecule has 1 unspecified atom stereocenters. The molecular weight excluding hydrogens is 276 g/mol. The largest absolute Gasteiger partial charge is 0.313 e. The second-order valence-corrected chi connectivity index (χ2v) is 8.16. The molecule has 1 saturated heterocycles. The summed E-state index contributed by atoms with van der Waals surface area (Å²) in [6, 6.07) is 5.06. The molecule has 2 nitrogen and oxygen atoms in total. The minimum absolute atomic E-state index is 0.241. The molecule has 1 fully saturated rings. The zero-order chi connectivity index (χ0) is 15.3. The summed E-state index contributed by atoms with van der Waals surface area (Å²) in [5, 5.41) is 6.00. The van der Waals surface area contributed by atoms with Gasteiger partial charge in [-0.25, -0.2) is 0 Å². The Morgan fingerprint density at radius 3 is 2.67 bits per heavy atom. The molecule has 0 aromatic carbocycles. The van der Waals surface area contributed by atoms with E-state index in [2.05, 4.69) is 55.4 Å². The summed E-state index contributed by atoms with van der Waals surface area (Å²) < 4.78 is 0. The minimum Gasteiger partial charge on any atom is -0.313 e. The van der Waals surface area contributed by atoms with Gasteiger partial charge in [0, 0.05) is 22.9 Å². The summed E-state index contributed by atoms with van der Waals surface area (Å²) in [7, 11) is 0. The van der Waals surface area contributed by atoms with E-state index >= 15 is 0 Å². The number of hydrogen-bond acceptors (Lipinski definition) is 3. The van der Waals surface area contributed by atoms with Gasteiger partial charge in [0.05, 0.1) is 0 Å². The third-order valence-electron chi connectivity index (χ3n) is 4.93. The van der Waals surface area contributed by atoms with Gasteiger partial charge in [-0.3, -0.25) is 0 Å². The number of piperidine rings is 1. The van der Waals surface area contributed by atoms with Crippen molar-refractivity contribution in [2.75, 3.05) is 26.2 Å². The average molecular weight is 309 g/mol. The van der Waals surface area contributed by atoms with Crippen LogP contribution in [-0.4, -0.2) is 37.1 Å². The van der Waals surface area contributed by atoms with Gasteiger partial charge in [0.25, 0.3) is 0 Å². The van der Waals surface area contributed by atoms with Crippen LogP contribution in [0.5, 0.6) is 0 Å². The van der Waals surface area contributed by atoms with Crippen LogP contribution in [-0.2, 0) is 5.41 Å². The fourth-order valence-corrected chi connectivity index (χ4v) is 4.18. The molecule has 3 heteroatoms. The number of hydrogen-bond donors (Lipinski definition) is 1. The van der Waals surface area contributed by atoms with Gasteiger partial charge in [-0.05, 0) is 63.2 Å². The molecule has 120 valence electrons. The standard InChI is InChI=1S/C18H32N2S/c1-5-10-20-11-8-16(9-12-20)15(2)19-14-18(3,4)17-7-6-13-21-17/h6-7,13,15-16,19H,5,8-12,14H2,1-4H3. The van der Waals surface area contributed by atoms with Gasteiger partial charge in [0.1, 0.15) is 0 Å². The highest BCUT2D eigenvalue weighted by Crippen LogP contribution is 2.27. The van der Waals surface area contributed by atoms with Gasteiger partial charge in [-0.2, -0.15) is 0 Å². The van der Waals surface area contributed by atoms with Crippen LogP contribution in [0.25, 0.3) is 0 Å². The van der Waals surface area contributed by atoms with Crippen molar-refractivity contribution in [1.82, 2.24) is 10.2 Å². The van der Waals surface area contributed by atoms with Crippen LogP contribution in [0.3, 0.4) is 0 Å². The lowest BCUT2D eigenvalue weighted by molar-refractivity contribution is 0.161. The highest BCUT2D eigenvalue weighted by Gasteiger charge is 2.26. The van der Waals surface area contributed by atoms with Crippen molar-refractivity contribution in [3.63, 3.8) is 0 Å². The van der Waals surface area contributed by atoms with Gasteiger partial charge in [0.15, 0.2) is 0 Å². The molecule has 0 amide bonds. The Labute approximate surface area is 134 Å². The molecule has 0 saturated carbocycles. The maximum absolute atomic E-state index is 3.82. The van der Waals surface area contributed by atoms with Gasteiger partial charge in [0.2, 0.25) is 0 Å². The Bertz CT molecular complexity index is 391. The van der Waals surface area contributed by atoms with Crippen LogP contribution in [0.4, 0.5) is 0 Å². The van der Waals surface area contributed by atoms with Gasteiger partial charge < -0.3 is 10.2 Å². The molecule has 0 spiro atoms. The number of nitrogens with one attached hydrogen (secondary N) is 1. The maximum Gasteiger partial charge on any atom is 0.0115 e. The normalized spacial score (nSPS) is 19.8. The molecule has 2 rings (SSSR count). The van der Waals surface area contributed by atoms with Crippen molar-refractivity contribution in [3.05, 3.63) is 22.4 Å². The third kappa shape index (κ3) is 4.80. The monoisotopic (exact) mass is 308 g/mol. The second-order valence-electron chi connectivity index (χ2n) is 7.21. The Morgan fingerprint density at radius 1 is 1.38 bits per heavy atom. The van der Waals surface area contributed by atoms with E-state index in [0.29, 0.717) is 6.04 Å². The minimum atomic E-state index is 0.241. The fraction of sp³-hybridized carbons (Fsp3) is 0.778. The Balaban J connectivity index is 1.76. The van der Waals surface area contributed by atoms with E-state index in [1.807, 2.05) is 11.3 Å². The Kier molecular flexibility index (Phi) is 6.27. The molecule has 0 aliphatic carbocycles. The van der Waals surface area contributed by atoms with E-state index in [4.69, 9.17) is 0 Å². The molecule has 2 heterocycles. The van der Waals surface area contributed by atoms with Crippen molar-refractivity contribution in [1.29, 1.82) is 0 Å². The molecule has 1 aromatic heterocycles. The predicted molar refractivity (Wildman–Crippen MR) is 94.3 cm³/mol. The van der Waals surface area contributed by atoms with Crippen LogP contribution < -0.4 is 5.32 Å². The van der Waals surface area contributed by atoms with Crippen LogP contribution >= 0.6 is 11.3 Å². The van der Waals surface area contributed by atoms with E-state index in [1.165, 1.54) is 43.8 Å². The summed E-state index contributed by atoms with van der Waals surface area (Å²) in [5.74, 6) is 0.845. The fourth-order valence-electron chi connectivity index (χ4n) is 3.33. The molecule has 1 N–H and O–H groups in total. The van der Waals surface area contributed by atoms with Crippen molar-refractivity contribution >= 4 is 11.3 Å². The van der Waals surface area contributed by atoms with E-state index in [1.54, 1.807) is 0 Å². The smallest absolute Gasteiger partial charge is 0.0115 e. The maximum atomic E-state index is 3.82. The number of nitrogens with zero attached hydrogens (tertiary/aromatic N) is 1. The lowest BCUT2D eigenvalue weighted by Crippen LogP contribution is -2.45. The molecule has 0 bridgehead atoms. The van der Waals surface area contributed by atoms with Crippen molar-refractivity contribution in [2.45, 2.75) is 58.4 Å². The van der Waals surface area contributed by atoms with Gasteiger partial charge >= 0.3 is 0 Å². The first kappa shape index (κ1) is 17.0. The number of thiophene rings is 1. The average Bonchev–Trinajstić information content (AvgIpc) is 3.01.